The van der Waals surface area contributed by atoms with Crippen molar-refractivity contribution < 1.29 is 9.53 Å². The van der Waals surface area contributed by atoms with Crippen LogP contribution in [0.4, 0.5) is 0 Å². The van der Waals surface area contributed by atoms with E-state index in [1.807, 2.05) is 19.9 Å². The molecule has 1 saturated heterocycles. The SMILES string of the molecule is Cc1nc2ccc(C(=O)NCC3CN(C)CCO3)cc2nc1C. The first kappa shape index (κ1) is 15.8. The Kier molecular flexibility index (Phi) is 4.54. The molecule has 1 unspecified atom stereocenters. The molecule has 23 heavy (non-hydrogen) atoms. The Morgan fingerprint density at radius 3 is 2.78 bits per heavy atom. The number of ether oxygens (including phenoxy) is 1. The molecule has 1 N–H and O–H groups in total. The Morgan fingerprint density at radius 2 is 2.04 bits per heavy atom. The van der Waals surface area contributed by atoms with E-state index in [9.17, 15) is 4.79 Å². The lowest BCUT2D eigenvalue weighted by atomic mass is 10.1. The second kappa shape index (κ2) is 6.60. The Balaban J connectivity index is 1.69. The van der Waals surface area contributed by atoms with Gasteiger partial charge in [-0.2, -0.15) is 0 Å². The van der Waals surface area contributed by atoms with Gasteiger partial charge in [0.15, 0.2) is 0 Å². The third-order valence-corrected chi connectivity index (χ3v) is 4.17. The van der Waals surface area contributed by atoms with E-state index in [1.165, 1.54) is 0 Å². The molecule has 0 saturated carbocycles. The highest BCUT2D eigenvalue weighted by atomic mass is 16.5. The predicted molar refractivity (Wildman–Crippen MR) is 88.6 cm³/mol. The summed E-state index contributed by atoms with van der Waals surface area (Å²) in [5, 5.41) is 2.94. The molecule has 1 atom stereocenters. The first-order valence-corrected chi connectivity index (χ1v) is 7.86. The lowest BCUT2D eigenvalue weighted by Crippen LogP contribution is -2.45. The van der Waals surface area contributed by atoms with E-state index in [0.717, 1.165) is 35.5 Å². The molecule has 1 fully saturated rings. The Labute approximate surface area is 135 Å². The molecule has 1 amide bonds. The third-order valence-electron chi connectivity index (χ3n) is 4.17. The monoisotopic (exact) mass is 314 g/mol. The van der Waals surface area contributed by atoms with Crippen LogP contribution in [0.2, 0.25) is 0 Å². The van der Waals surface area contributed by atoms with Gasteiger partial charge in [0.05, 0.1) is 35.1 Å². The zero-order valence-electron chi connectivity index (χ0n) is 13.8. The number of aryl methyl sites for hydroxylation is 2. The highest BCUT2D eigenvalue weighted by Gasteiger charge is 2.18. The molecule has 1 aromatic heterocycles. The fourth-order valence-corrected chi connectivity index (χ4v) is 2.67. The standard InChI is InChI=1S/C17H22N4O2/c1-11-12(2)20-16-8-13(4-5-15(16)19-11)17(22)18-9-14-10-21(3)6-7-23-14/h4-5,8,14H,6-7,9-10H2,1-3H3,(H,18,22). The lowest BCUT2D eigenvalue weighted by molar-refractivity contribution is -0.0175. The van der Waals surface area contributed by atoms with Crippen molar-refractivity contribution in [2.24, 2.45) is 0 Å². The van der Waals surface area contributed by atoms with E-state index >= 15 is 0 Å². The fourth-order valence-electron chi connectivity index (χ4n) is 2.67. The van der Waals surface area contributed by atoms with Crippen molar-refractivity contribution in [3.63, 3.8) is 0 Å². The number of hydrogen-bond acceptors (Lipinski definition) is 5. The number of likely N-dealkylation sites (N-methyl/N-ethyl adjacent to an activating group) is 1. The fraction of sp³-hybridized carbons (Fsp3) is 0.471. The maximum absolute atomic E-state index is 12.3. The highest BCUT2D eigenvalue weighted by molar-refractivity contribution is 5.97. The van der Waals surface area contributed by atoms with Crippen molar-refractivity contribution in [1.29, 1.82) is 0 Å². The Morgan fingerprint density at radius 1 is 1.30 bits per heavy atom. The van der Waals surface area contributed by atoms with Gasteiger partial charge in [0.1, 0.15) is 0 Å². The van der Waals surface area contributed by atoms with Gasteiger partial charge in [-0.1, -0.05) is 0 Å². The van der Waals surface area contributed by atoms with Gasteiger partial charge < -0.3 is 15.0 Å². The molecule has 0 aliphatic carbocycles. The van der Waals surface area contributed by atoms with E-state index in [1.54, 1.807) is 12.1 Å². The zero-order valence-corrected chi connectivity index (χ0v) is 13.8. The molecule has 122 valence electrons. The van der Waals surface area contributed by atoms with E-state index < -0.39 is 0 Å². The molecule has 2 aromatic rings. The summed E-state index contributed by atoms with van der Waals surface area (Å²) in [4.78, 5) is 23.5. The van der Waals surface area contributed by atoms with Crippen LogP contribution in [0.1, 0.15) is 21.7 Å². The summed E-state index contributed by atoms with van der Waals surface area (Å²) in [6.45, 7) is 6.85. The van der Waals surface area contributed by atoms with E-state index in [0.29, 0.717) is 18.7 Å². The van der Waals surface area contributed by atoms with Crippen LogP contribution in [0.15, 0.2) is 18.2 Å². The maximum Gasteiger partial charge on any atom is 0.251 e. The van der Waals surface area contributed by atoms with Gasteiger partial charge in [0.25, 0.3) is 5.91 Å². The maximum atomic E-state index is 12.3. The Hall–Kier alpha value is -2.05. The van der Waals surface area contributed by atoms with Gasteiger partial charge >= 0.3 is 0 Å². The summed E-state index contributed by atoms with van der Waals surface area (Å²) in [6.07, 6.45) is 0.0443. The summed E-state index contributed by atoms with van der Waals surface area (Å²) in [7, 11) is 2.06. The van der Waals surface area contributed by atoms with Crippen LogP contribution in [0.25, 0.3) is 11.0 Å². The topological polar surface area (TPSA) is 67.4 Å². The summed E-state index contributed by atoms with van der Waals surface area (Å²) in [5.74, 6) is -0.108. The Bertz CT molecular complexity index is 732. The van der Waals surface area contributed by atoms with Gasteiger partial charge in [-0.05, 0) is 39.1 Å². The largest absolute Gasteiger partial charge is 0.374 e. The van der Waals surface area contributed by atoms with Gasteiger partial charge in [-0.15, -0.1) is 0 Å². The molecule has 1 aliphatic rings. The quantitative estimate of drug-likeness (QED) is 0.925. The van der Waals surface area contributed by atoms with E-state index in [2.05, 4.69) is 27.2 Å². The molecule has 0 spiro atoms. The van der Waals surface area contributed by atoms with Crippen molar-refractivity contribution in [1.82, 2.24) is 20.2 Å². The number of amides is 1. The van der Waals surface area contributed by atoms with Crippen molar-refractivity contribution in [2.45, 2.75) is 20.0 Å². The average molecular weight is 314 g/mol. The summed E-state index contributed by atoms with van der Waals surface area (Å²) in [5.41, 5.74) is 3.94. The molecular formula is C17H22N4O2. The number of benzene rings is 1. The number of fused-ring (bicyclic) bond motifs is 1. The summed E-state index contributed by atoms with van der Waals surface area (Å²) in [6, 6.07) is 5.42. The normalized spacial score (nSPS) is 19.0. The molecule has 0 bridgehead atoms. The molecule has 1 aliphatic heterocycles. The van der Waals surface area contributed by atoms with Gasteiger partial charge in [-0.3, -0.25) is 4.79 Å². The molecule has 1 aromatic carbocycles. The second-order valence-corrected chi connectivity index (χ2v) is 6.06. The van der Waals surface area contributed by atoms with Crippen LogP contribution >= 0.6 is 0 Å². The number of nitrogens with one attached hydrogen (secondary N) is 1. The highest BCUT2D eigenvalue weighted by Crippen LogP contribution is 2.14. The van der Waals surface area contributed by atoms with Crippen LogP contribution in [0.3, 0.4) is 0 Å². The minimum absolute atomic E-state index is 0.0443. The zero-order chi connectivity index (χ0) is 16.4. The number of nitrogens with zero attached hydrogens (tertiary/aromatic N) is 3. The number of hydrogen-bond donors (Lipinski definition) is 1. The smallest absolute Gasteiger partial charge is 0.251 e. The van der Waals surface area contributed by atoms with Gasteiger partial charge in [0, 0.05) is 25.2 Å². The van der Waals surface area contributed by atoms with Crippen LogP contribution < -0.4 is 5.32 Å². The third kappa shape index (κ3) is 3.65. The minimum atomic E-state index is -0.108. The lowest BCUT2D eigenvalue weighted by Gasteiger charge is -2.30. The number of carbonyl (C=O) groups excluding carboxylic acids is 1. The minimum Gasteiger partial charge on any atom is -0.374 e. The van der Waals surface area contributed by atoms with Gasteiger partial charge in [0.2, 0.25) is 0 Å². The molecule has 6 nitrogen and oxygen atoms in total. The number of rotatable bonds is 3. The predicted octanol–water partition coefficient (Wildman–Crippen LogP) is 1.31. The molecule has 2 heterocycles. The van der Waals surface area contributed by atoms with Crippen LogP contribution in [-0.2, 0) is 4.74 Å². The van der Waals surface area contributed by atoms with Crippen LogP contribution in [0.5, 0.6) is 0 Å². The summed E-state index contributed by atoms with van der Waals surface area (Å²) < 4.78 is 5.66. The number of morpholine rings is 1. The van der Waals surface area contributed by atoms with Crippen molar-refractivity contribution in [3.05, 3.63) is 35.2 Å². The second-order valence-electron chi connectivity index (χ2n) is 6.06. The first-order valence-electron chi connectivity index (χ1n) is 7.86. The van der Waals surface area contributed by atoms with Crippen molar-refractivity contribution >= 4 is 16.9 Å². The van der Waals surface area contributed by atoms with Gasteiger partial charge in [-0.25, -0.2) is 9.97 Å². The van der Waals surface area contributed by atoms with Crippen molar-refractivity contribution in [3.8, 4) is 0 Å². The molecular weight excluding hydrogens is 292 g/mol. The van der Waals surface area contributed by atoms with Crippen LogP contribution in [0, 0.1) is 13.8 Å². The molecule has 3 rings (SSSR count). The first-order chi connectivity index (χ1) is 11.0. The summed E-state index contributed by atoms with van der Waals surface area (Å²) >= 11 is 0. The van der Waals surface area contributed by atoms with E-state index in [-0.39, 0.29) is 12.0 Å². The van der Waals surface area contributed by atoms with Crippen LogP contribution in [-0.4, -0.2) is 60.2 Å². The number of aromatic nitrogens is 2. The molecule has 0 radical (unpaired) electrons. The van der Waals surface area contributed by atoms with Crippen molar-refractivity contribution in [2.75, 3.05) is 33.3 Å². The molecule has 6 heteroatoms. The van der Waals surface area contributed by atoms with E-state index in [4.69, 9.17) is 4.74 Å². The average Bonchev–Trinajstić information content (AvgIpc) is 2.53. The number of carbonyl (C=O) groups is 1.